The minimum atomic E-state index is 0. The van der Waals surface area contributed by atoms with Crippen LogP contribution >= 0.6 is 0 Å². The summed E-state index contributed by atoms with van der Waals surface area (Å²) in [4.78, 5) is 8.68. The van der Waals surface area contributed by atoms with Crippen LogP contribution < -0.4 is 20.0 Å². The molecule has 4 aliphatic rings. The van der Waals surface area contributed by atoms with Crippen molar-refractivity contribution in [3.05, 3.63) is 162 Å². The largest absolute Gasteiger partial charge is 0.504 e. The fourth-order valence-electron chi connectivity index (χ4n) is 4.91. The second-order valence-corrected chi connectivity index (χ2v) is 11.3. The van der Waals surface area contributed by atoms with Gasteiger partial charge in [0.05, 0.1) is 0 Å². The topological polar surface area (TPSA) is 92.7 Å². The van der Waals surface area contributed by atoms with Gasteiger partial charge in [0.2, 0.25) is 0 Å². The molecule has 0 atom stereocenters. The van der Waals surface area contributed by atoms with Crippen LogP contribution in [0.15, 0.2) is 114 Å². The van der Waals surface area contributed by atoms with Gasteiger partial charge in [0.15, 0.2) is 0 Å². The number of likely N-dealkylation sites (N-methyl/N-ethyl adjacent to an activating group) is 1. The maximum absolute atomic E-state index is 3.66. The van der Waals surface area contributed by atoms with Gasteiger partial charge in [-0.3, -0.25) is 16.5 Å². The van der Waals surface area contributed by atoms with E-state index in [1.54, 1.807) is 0 Å². The molecule has 0 N–H and O–H groups in total. The second kappa shape index (κ2) is 19.8. The molecule has 0 fully saturated rings. The molecule has 4 heterocycles. The minimum Gasteiger partial charge on any atom is -0.504 e. The van der Waals surface area contributed by atoms with Crippen molar-refractivity contribution < 1.29 is 42.1 Å². The average Bonchev–Trinajstić information content (AvgIpc) is 3.71. The van der Waals surface area contributed by atoms with Crippen LogP contribution in [0.1, 0.15) is 35.6 Å². The van der Waals surface area contributed by atoms with Gasteiger partial charge in [0.25, 0.3) is 0 Å². The van der Waals surface area contributed by atoms with Crippen molar-refractivity contribution >= 4 is 17.1 Å². The molecule has 0 saturated carbocycles. The Morgan fingerprint density at radius 3 is 1.92 bits per heavy atom. The number of anilines is 3. The number of hydrogen-bond acceptors (Lipinski definition) is 8. The number of aryl methyl sites for hydroxylation is 4. The number of nitrogens with zero attached hydrogens (tertiary/aromatic N) is 10. The van der Waals surface area contributed by atoms with E-state index in [1.807, 2.05) is 58.0 Å². The summed E-state index contributed by atoms with van der Waals surface area (Å²) >= 11 is 0. The molecule has 268 valence electrons. The van der Waals surface area contributed by atoms with Crippen molar-refractivity contribution in [1.29, 1.82) is 0 Å². The zero-order valence-electron chi connectivity index (χ0n) is 28.9. The van der Waals surface area contributed by atoms with E-state index in [-0.39, 0.29) is 42.1 Å². The van der Waals surface area contributed by atoms with Gasteiger partial charge in [0, 0.05) is 64.9 Å². The molecule has 8 rings (SSSR count). The van der Waals surface area contributed by atoms with Crippen LogP contribution in [0.2, 0.25) is 0 Å². The Balaban J connectivity index is 0.000000192. The van der Waals surface area contributed by atoms with Gasteiger partial charge < -0.3 is 40.0 Å². The van der Waals surface area contributed by atoms with Crippen LogP contribution in [0, 0.1) is 53.2 Å². The van der Waals surface area contributed by atoms with Crippen LogP contribution in [-0.4, -0.2) is 44.5 Å². The monoisotopic (exact) mass is 1030 g/mol. The number of rotatable bonds is 2. The Bertz CT molecular complexity index is 1760. The fourth-order valence-corrected chi connectivity index (χ4v) is 4.91. The van der Waals surface area contributed by atoms with E-state index in [1.165, 1.54) is 28.5 Å². The first-order valence-corrected chi connectivity index (χ1v) is 15.7. The standard InChI is InChI=1S/C16H16N2.C14H12N2.2C4H6N3.2Pt/c1-17-13-18(14-9-5-2-3-6-10-14)16-12-8-4-7-11-15(16)17;1-15-11-16(12-7-3-2-4-8-12)14-10-6-5-9-13(14)15;2*1-3-4(2)6-7-5-3;;/h2-3,5,7-9,11-13H,4,10H2,1H3;2-7,9-11H,1H3;2*1-2H3;;/q2*-2;2*-1;;. The fraction of sp³-hybridized carbons (Fsp3) is 0.211. The molecule has 2 aromatic carbocycles. The summed E-state index contributed by atoms with van der Waals surface area (Å²) in [6.07, 6.45) is 22.1. The molecule has 12 heteroatoms. The van der Waals surface area contributed by atoms with Gasteiger partial charge in [-0.05, 0) is 78.2 Å². The molecule has 0 bridgehead atoms. The van der Waals surface area contributed by atoms with Crippen molar-refractivity contribution in [3.63, 3.8) is 0 Å². The third-order valence-electron chi connectivity index (χ3n) is 7.81. The van der Waals surface area contributed by atoms with Gasteiger partial charge in [-0.2, -0.15) is 43.7 Å². The van der Waals surface area contributed by atoms with Gasteiger partial charge in [-0.1, -0.05) is 59.6 Å². The minimum absolute atomic E-state index is 0. The molecule has 4 aromatic rings. The first-order valence-electron chi connectivity index (χ1n) is 15.7. The van der Waals surface area contributed by atoms with Gasteiger partial charge in [0.1, 0.15) is 0 Å². The molecular weight excluding hydrogens is 987 g/mol. The Morgan fingerprint density at radius 2 is 1.34 bits per heavy atom. The zero-order chi connectivity index (χ0) is 33.9. The molecule has 0 saturated heterocycles. The predicted octanol–water partition coefficient (Wildman–Crippen LogP) is 6.57. The van der Waals surface area contributed by atoms with Crippen molar-refractivity contribution in [2.45, 2.75) is 40.5 Å². The summed E-state index contributed by atoms with van der Waals surface area (Å²) in [5, 5.41) is 21.5. The molecule has 2 aromatic heterocycles. The SMILES string of the molecule is CN1[CH-]N(C2=CC=CC=[C-]C2)C2=C1C=CCC=C2.CN1[CH-]N(c2[c-]cccc2)c2ccccc21.Cc1nn[n-]c1C.Cc1nn[n-]c1C.[Pt].[Pt]. The van der Waals surface area contributed by atoms with E-state index in [2.05, 4.69) is 157 Å². The molecule has 0 radical (unpaired) electrons. The number of allylic oxidation sites excluding steroid dienone is 9. The molecular formula is C38H40N10Pt2-6. The van der Waals surface area contributed by atoms with Crippen LogP contribution in [-0.2, 0) is 42.1 Å². The molecule has 0 spiro atoms. The average molecular weight is 1030 g/mol. The summed E-state index contributed by atoms with van der Waals surface area (Å²) in [6, 6.07) is 19.6. The van der Waals surface area contributed by atoms with Crippen LogP contribution in [0.3, 0.4) is 0 Å². The summed E-state index contributed by atoms with van der Waals surface area (Å²) in [7, 11) is 4.15. The van der Waals surface area contributed by atoms with E-state index < -0.39 is 0 Å². The predicted molar refractivity (Wildman–Crippen MR) is 190 cm³/mol. The van der Waals surface area contributed by atoms with Crippen LogP contribution in [0.4, 0.5) is 17.1 Å². The van der Waals surface area contributed by atoms with Crippen molar-refractivity contribution in [1.82, 2.24) is 40.6 Å². The second-order valence-electron chi connectivity index (χ2n) is 11.3. The van der Waals surface area contributed by atoms with E-state index in [4.69, 9.17) is 0 Å². The Hall–Kier alpha value is -4.26. The van der Waals surface area contributed by atoms with Gasteiger partial charge in [-0.15, -0.1) is 11.8 Å². The molecule has 50 heavy (non-hydrogen) atoms. The molecule has 0 unspecified atom stereocenters. The Labute approximate surface area is 324 Å². The third-order valence-corrected chi connectivity index (χ3v) is 7.81. The van der Waals surface area contributed by atoms with E-state index in [0.717, 1.165) is 41.3 Å². The number of aromatic nitrogens is 6. The smallest absolute Gasteiger partial charge is 0.0335 e. The summed E-state index contributed by atoms with van der Waals surface area (Å²) in [6.45, 7) is 11.8. The first-order chi connectivity index (χ1) is 23.3. The van der Waals surface area contributed by atoms with Gasteiger partial charge >= 0.3 is 0 Å². The zero-order valence-corrected chi connectivity index (χ0v) is 33.5. The van der Waals surface area contributed by atoms with Crippen molar-refractivity contribution in [2.24, 2.45) is 0 Å². The Morgan fingerprint density at radius 1 is 0.720 bits per heavy atom. The third kappa shape index (κ3) is 10.4. The quantitative estimate of drug-likeness (QED) is 0.206. The summed E-state index contributed by atoms with van der Waals surface area (Å²) in [5.41, 5.74) is 10.9. The number of fused-ring (bicyclic) bond motifs is 1. The van der Waals surface area contributed by atoms with E-state index in [0.29, 0.717) is 0 Å². The van der Waals surface area contributed by atoms with E-state index >= 15 is 0 Å². The molecule has 10 nitrogen and oxygen atoms in total. The number of para-hydroxylation sites is 3. The molecule has 0 amide bonds. The van der Waals surface area contributed by atoms with Gasteiger partial charge in [-0.25, -0.2) is 12.2 Å². The molecule has 2 aliphatic carbocycles. The Kier molecular flexibility index (Phi) is 15.9. The maximum Gasteiger partial charge on any atom is 0.0335 e. The summed E-state index contributed by atoms with van der Waals surface area (Å²) < 4.78 is 0. The number of benzene rings is 2. The first kappa shape index (κ1) is 40.2. The summed E-state index contributed by atoms with van der Waals surface area (Å²) in [5.74, 6) is 0. The van der Waals surface area contributed by atoms with Crippen LogP contribution in [0.25, 0.3) is 0 Å². The number of hydrogen-bond donors (Lipinski definition) is 0. The van der Waals surface area contributed by atoms with Crippen molar-refractivity contribution in [2.75, 3.05) is 23.9 Å². The van der Waals surface area contributed by atoms with E-state index in [9.17, 15) is 0 Å². The molecule has 2 aliphatic heterocycles. The maximum atomic E-state index is 3.66. The van der Waals surface area contributed by atoms with Crippen molar-refractivity contribution in [3.8, 4) is 0 Å². The van der Waals surface area contributed by atoms with Crippen LogP contribution in [0.5, 0.6) is 0 Å². The normalized spacial score (nSPS) is 15.1.